The van der Waals surface area contributed by atoms with Crippen molar-refractivity contribution in [2.75, 3.05) is 25.4 Å². The topological polar surface area (TPSA) is 42.1 Å². The van der Waals surface area contributed by atoms with Gasteiger partial charge in [-0.05, 0) is 51.3 Å². The van der Waals surface area contributed by atoms with Crippen LogP contribution < -0.4 is 5.73 Å². The first-order valence-corrected chi connectivity index (χ1v) is 8.98. The van der Waals surface area contributed by atoms with E-state index < -0.39 is 0 Å². The van der Waals surface area contributed by atoms with Crippen LogP contribution in [0, 0.1) is 6.92 Å². The van der Waals surface area contributed by atoms with Crippen LogP contribution in [0.5, 0.6) is 0 Å². The van der Waals surface area contributed by atoms with Crippen LogP contribution in [0.4, 0.5) is 5.13 Å². The molecule has 2 rings (SSSR count). The van der Waals surface area contributed by atoms with E-state index >= 15 is 0 Å². The fourth-order valence-electron chi connectivity index (χ4n) is 2.73. The Morgan fingerprint density at radius 1 is 1.09 bits per heavy atom. The third kappa shape index (κ3) is 5.43. The van der Waals surface area contributed by atoms with E-state index in [1.807, 2.05) is 0 Å². The van der Waals surface area contributed by atoms with E-state index in [0.29, 0.717) is 5.13 Å². The van der Waals surface area contributed by atoms with E-state index in [-0.39, 0.29) is 0 Å². The molecule has 0 radical (unpaired) electrons. The summed E-state index contributed by atoms with van der Waals surface area (Å²) in [4.78, 5) is 8.22. The predicted molar refractivity (Wildman–Crippen MR) is 96.5 cm³/mol. The van der Waals surface area contributed by atoms with Crippen molar-refractivity contribution in [3.63, 3.8) is 0 Å². The van der Waals surface area contributed by atoms with Gasteiger partial charge in [0.05, 0.1) is 5.69 Å². The lowest BCUT2D eigenvalue weighted by molar-refractivity contribution is 0.274. The fraction of sp³-hybridized carbons (Fsp3) is 0.500. The molecule has 3 nitrogen and oxygen atoms in total. The Hall–Kier alpha value is -1.39. The van der Waals surface area contributed by atoms with Gasteiger partial charge in [0.15, 0.2) is 5.13 Å². The zero-order valence-corrected chi connectivity index (χ0v) is 14.5. The van der Waals surface area contributed by atoms with Crippen LogP contribution in [0.25, 0.3) is 0 Å². The number of nitrogens with zero attached hydrogens (tertiary/aromatic N) is 2. The number of benzene rings is 1. The third-order valence-corrected chi connectivity index (χ3v) is 4.93. The van der Waals surface area contributed by atoms with Gasteiger partial charge in [-0.2, -0.15) is 0 Å². The van der Waals surface area contributed by atoms with E-state index in [1.165, 1.54) is 29.8 Å². The summed E-state index contributed by atoms with van der Waals surface area (Å²) < 4.78 is 0. The van der Waals surface area contributed by atoms with Gasteiger partial charge < -0.3 is 10.6 Å². The first kappa shape index (κ1) is 17.0. The minimum absolute atomic E-state index is 0.696. The molecular weight excluding hydrogens is 290 g/mol. The average Bonchev–Trinajstić information content (AvgIpc) is 2.84. The maximum Gasteiger partial charge on any atom is 0.180 e. The van der Waals surface area contributed by atoms with Gasteiger partial charge in [-0.25, -0.2) is 4.98 Å². The molecule has 0 saturated carbocycles. The van der Waals surface area contributed by atoms with Crippen LogP contribution in [0.1, 0.15) is 35.9 Å². The van der Waals surface area contributed by atoms with Gasteiger partial charge in [0.25, 0.3) is 0 Å². The number of anilines is 1. The lowest BCUT2D eigenvalue weighted by atomic mass is 10.1. The molecular formula is C18H27N3S. The summed E-state index contributed by atoms with van der Waals surface area (Å²) in [6.07, 6.45) is 4.61. The molecule has 0 fully saturated rings. The molecule has 0 unspecified atom stereocenters. The molecule has 4 heteroatoms. The van der Waals surface area contributed by atoms with Gasteiger partial charge >= 0.3 is 0 Å². The van der Waals surface area contributed by atoms with E-state index in [2.05, 4.69) is 54.1 Å². The summed E-state index contributed by atoms with van der Waals surface area (Å²) in [5, 5.41) is 0.696. The van der Waals surface area contributed by atoms with E-state index in [1.54, 1.807) is 11.3 Å². The molecule has 0 aliphatic rings. The number of nitrogens with two attached hydrogens (primary N) is 1. The number of hydrogen-bond acceptors (Lipinski definition) is 4. The van der Waals surface area contributed by atoms with Gasteiger partial charge in [0.1, 0.15) is 0 Å². The molecule has 1 heterocycles. The molecule has 0 aliphatic carbocycles. The third-order valence-electron chi connectivity index (χ3n) is 3.89. The zero-order valence-electron chi connectivity index (χ0n) is 13.7. The average molecular weight is 318 g/mol. The van der Waals surface area contributed by atoms with E-state index in [9.17, 15) is 0 Å². The molecule has 0 atom stereocenters. The molecule has 2 N–H and O–H groups in total. The fourth-order valence-corrected chi connectivity index (χ4v) is 3.60. The van der Waals surface area contributed by atoms with Crippen molar-refractivity contribution in [2.24, 2.45) is 0 Å². The van der Waals surface area contributed by atoms with Gasteiger partial charge in [-0.15, -0.1) is 11.3 Å². The van der Waals surface area contributed by atoms with Crippen LogP contribution in [-0.2, 0) is 12.8 Å². The number of aryl methyl sites for hydroxylation is 2. The quantitative estimate of drug-likeness (QED) is 0.762. The molecule has 0 saturated heterocycles. The molecule has 0 spiro atoms. The summed E-state index contributed by atoms with van der Waals surface area (Å²) in [6.45, 7) is 7.78. The van der Waals surface area contributed by atoms with Crippen molar-refractivity contribution >= 4 is 16.5 Å². The second-order valence-corrected chi connectivity index (χ2v) is 6.86. The minimum Gasteiger partial charge on any atom is -0.375 e. The Morgan fingerprint density at radius 3 is 2.50 bits per heavy atom. The van der Waals surface area contributed by atoms with Crippen molar-refractivity contribution in [1.82, 2.24) is 9.88 Å². The molecule has 0 bridgehead atoms. The highest BCUT2D eigenvalue weighted by Gasteiger charge is 2.08. The lowest BCUT2D eigenvalue weighted by Crippen LogP contribution is -2.28. The highest BCUT2D eigenvalue weighted by Crippen LogP contribution is 2.21. The second kappa shape index (κ2) is 8.91. The van der Waals surface area contributed by atoms with Crippen molar-refractivity contribution < 1.29 is 0 Å². The first-order chi connectivity index (χ1) is 10.7. The molecule has 1 aromatic heterocycles. The predicted octanol–water partition coefficient (Wildman–Crippen LogP) is 3.92. The second-order valence-electron chi connectivity index (χ2n) is 5.74. The van der Waals surface area contributed by atoms with Crippen molar-refractivity contribution in [3.8, 4) is 0 Å². The zero-order chi connectivity index (χ0) is 15.8. The van der Waals surface area contributed by atoms with E-state index in [4.69, 9.17) is 5.73 Å². The van der Waals surface area contributed by atoms with Crippen molar-refractivity contribution in [1.29, 1.82) is 0 Å². The minimum atomic E-state index is 0.696. The Bertz CT molecular complexity index is 551. The molecule has 0 aliphatic heterocycles. The van der Waals surface area contributed by atoms with Gasteiger partial charge in [0, 0.05) is 11.4 Å². The largest absolute Gasteiger partial charge is 0.375 e. The summed E-state index contributed by atoms with van der Waals surface area (Å²) in [5.74, 6) is 0. The standard InChI is InChI=1S/C18H27N3S/c1-3-12-21(14-11-16-8-5-4-6-9-16)13-7-10-17-15(2)20-18(19)22-17/h4-6,8-9H,3,7,10-14H2,1-2H3,(H2,19,20). The van der Waals surface area contributed by atoms with E-state index in [0.717, 1.165) is 31.6 Å². The summed E-state index contributed by atoms with van der Waals surface area (Å²) in [5.41, 5.74) is 8.30. The van der Waals surface area contributed by atoms with Crippen LogP contribution in [0.3, 0.4) is 0 Å². The summed E-state index contributed by atoms with van der Waals surface area (Å²) in [7, 11) is 0. The first-order valence-electron chi connectivity index (χ1n) is 8.17. The summed E-state index contributed by atoms with van der Waals surface area (Å²) in [6, 6.07) is 10.8. The maximum atomic E-state index is 5.77. The highest BCUT2D eigenvalue weighted by atomic mass is 32.1. The molecule has 22 heavy (non-hydrogen) atoms. The number of rotatable bonds is 9. The highest BCUT2D eigenvalue weighted by molar-refractivity contribution is 7.15. The molecule has 1 aromatic carbocycles. The summed E-state index contributed by atoms with van der Waals surface area (Å²) >= 11 is 1.64. The number of hydrogen-bond donors (Lipinski definition) is 1. The Morgan fingerprint density at radius 2 is 1.86 bits per heavy atom. The monoisotopic (exact) mass is 317 g/mol. The molecule has 2 aromatic rings. The molecule has 0 amide bonds. The Balaban J connectivity index is 1.77. The van der Waals surface area contributed by atoms with Gasteiger partial charge in [0.2, 0.25) is 0 Å². The Labute approximate surface area is 138 Å². The Kier molecular flexibility index (Phi) is 6.87. The van der Waals surface area contributed by atoms with Crippen LogP contribution in [0.2, 0.25) is 0 Å². The normalized spacial score (nSPS) is 11.2. The maximum absolute atomic E-state index is 5.77. The van der Waals surface area contributed by atoms with Crippen LogP contribution >= 0.6 is 11.3 Å². The van der Waals surface area contributed by atoms with Gasteiger partial charge in [-0.3, -0.25) is 0 Å². The molecule has 120 valence electrons. The smallest absolute Gasteiger partial charge is 0.180 e. The van der Waals surface area contributed by atoms with Crippen LogP contribution in [-0.4, -0.2) is 29.5 Å². The van der Waals surface area contributed by atoms with Crippen molar-refractivity contribution in [3.05, 3.63) is 46.5 Å². The van der Waals surface area contributed by atoms with Crippen molar-refractivity contribution in [2.45, 2.75) is 39.5 Å². The number of aromatic nitrogens is 1. The van der Waals surface area contributed by atoms with Crippen LogP contribution in [0.15, 0.2) is 30.3 Å². The SMILES string of the molecule is CCCN(CCCc1sc(N)nc1C)CCc1ccccc1. The number of thiazole rings is 1. The van der Waals surface area contributed by atoms with Gasteiger partial charge in [-0.1, -0.05) is 37.3 Å². The lowest BCUT2D eigenvalue weighted by Gasteiger charge is -2.21. The number of nitrogen functional groups attached to an aromatic ring is 1.